The van der Waals surface area contributed by atoms with Gasteiger partial charge in [0.1, 0.15) is 11.5 Å². The number of benzene rings is 1. The van der Waals surface area contributed by atoms with E-state index in [1.165, 1.54) is 0 Å². The molecule has 0 spiro atoms. The van der Waals surface area contributed by atoms with E-state index in [9.17, 15) is 5.11 Å². The summed E-state index contributed by atoms with van der Waals surface area (Å²) in [6, 6.07) is 5.25. The van der Waals surface area contributed by atoms with Crippen LogP contribution in [0.5, 0.6) is 11.5 Å². The smallest absolute Gasteiger partial charge is 0.223 e. The highest BCUT2D eigenvalue weighted by atomic mass is 16.5. The SMILES string of the molecule is COc1ccc([C@H](C)O)c(OCc2noc(C)n2)c1. The Hall–Kier alpha value is -2.08. The van der Waals surface area contributed by atoms with Gasteiger partial charge in [0.15, 0.2) is 6.61 Å². The average molecular weight is 264 g/mol. The second kappa shape index (κ2) is 5.71. The summed E-state index contributed by atoms with van der Waals surface area (Å²) in [4.78, 5) is 4.05. The third-order valence-electron chi connectivity index (χ3n) is 2.60. The summed E-state index contributed by atoms with van der Waals surface area (Å²) in [5.74, 6) is 2.14. The molecule has 0 unspecified atom stereocenters. The first-order valence-corrected chi connectivity index (χ1v) is 5.88. The van der Waals surface area contributed by atoms with Gasteiger partial charge in [-0.2, -0.15) is 4.98 Å². The molecule has 0 aliphatic carbocycles. The van der Waals surface area contributed by atoms with Gasteiger partial charge in [-0.05, 0) is 19.1 Å². The number of rotatable bonds is 5. The maximum atomic E-state index is 9.70. The van der Waals surface area contributed by atoms with Crippen LogP contribution >= 0.6 is 0 Å². The standard InChI is InChI=1S/C13H16N2O4/c1-8(16)11-5-4-10(17-3)6-12(11)18-7-13-14-9(2)19-15-13/h4-6,8,16H,7H2,1-3H3/t8-/m0/s1. The van der Waals surface area contributed by atoms with Gasteiger partial charge in [-0.3, -0.25) is 0 Å². The molecule has 1 aromatic carbocycles. The van der Waals surface area contributed by atoms with Gasteiger partial charge in [-0.1, -0.05) is 5.16 Å². The van der Waals surface area contributed by atoms with E-state index in [2.05, 4.69) is 10.1 Å². The molecule has 0 saturated carbocycles. The fourth-order valence-electron chi connectivity index (χ4n) is 1.65. The number of aryl methyl sites for hydroxylation is 1. The van der Waals surface area contributed by atoms with E-state index < -0.39 is 6.10 Å². The van der Waals surface area contributed by atoms with Crippen molar-refractivity contribution in [3.05, 3.63) is 35.5 Å². The summed E-state index contributed by atoms with van der Waals surface area (Å²) in [7, 11) is 1.57. The molecular formula is C13H16N2O4. The summed E-state index contributed by atoms with van der Waals surface area (Å²) in [5.41, 5.74) is 0.681. The number of methoxy groups -OCH3 is 1. The molecule has 0 aliphatic heterocycles. The number of hydrogen-bond donors (Lipinski definition) is 1. The van der Waals surface area contributed by atoms with Crippen LogP contribution < -0.4 is 9.47 Å². The largest absolute Gasteiger partial charge is 0.497 e. The summed E-state index contributed by atoms with van der Waals surface area (Å²) >= 11 is 0. The maximum Gasteiger partial charge on any atom is 0.223 e. The Morgan fingerprint density at radius 1 is 1.42 bits per heavy atom. The first kappa shape index (κ1) is 13.4. The van der Waals surface area contributed by atoms with Crippen LogP contribution in [0, 0.1) is 6.92 Å². The van der Waals surface area contributed by atoms with Gasteiger partial charge in [-0.15, -0.1) is 0 Å². The lowest BCUT2D eigenvalue weighted by Crippen LogP contribution is -2.02. The van der Waals surface area contributed by atoms with Crippen LogP contribution in [0.15, 0.2) is 22.7 Å². The van der Waals surface area contributed by atoms with Gasteiger partial charge >= 0.3 is 0 Å². The van der Waals surface area contributed by atoms with Gasteiger partial charge in [0.05, 0.1) is 13.2 Å². The second-order valence-corrected chi connectivity index (χ2v) is 4.10. The first-order chi connectivity index (χ1) is 9.10. The zero-order valence-electron chi connectivity index (χ0n) is 11.1. The second-order valence-electron chi connectivity index (χ2n) is 4.10. The van der Waals surface area contributed by atoms with Crippen molar-refractivity contribution in [2.45, 2.75) is 26.6 Å². The summed E-state index contributed by atoms with van der Waals surface area (Å²) in [5, 5.41) is 13.4. The number of aliphatic hydroxyl groups excluding tert-OH is 1. The fourth-order valence-corrected chi connectivity index (χ4v) is 1.65. The average Bonchev–Trinajstić information content (AvgIpc) is 2.81. The van der Waals surface area contributed by atoms with Gasteiger partial charge < -0.3 is 19.1 Å². The Morgan fingerprint density at radius 2 is 2.21 bits per heavy atom. The van der Waals surface area contributed by atoms with E-state index in [1.54, 1.807) is 39.2 Å². The van der Waals surface area contributed by atoms with Crippen molar-refractivity contribution in [3.63, 3.8) is 0 Å². The van der Waals surface area contributed by atoms with E-state index in [1.807, 2.05) is 0 Å². The van der Waals surface area contributed by atoms with Gasteiger partial charge in [0.25, 0.3) is 0 Å². The number of hydrogen-bond acceptors (Lipinski definition) is 6. The molecule has 102 valence electrons. The van der Waals surface area contributed by atoms with Crippen LogP contribution in [0.1, 0.15) is 30.3 Å². The zero-order valence-corrected chi connectivity index (χ0v) is 11.1. The van der Waals surface area contributed by atoms with Crippen molar-refractivity contribution < 1.29 is 19.1 Å². The van der Waals surface area contributed by atoms with Crippen molar-refractivity contribution in [2.24, 2.45) is 0 Å². The molecule has 0 saturated heterocycles. The van der Waals surface area contributed by atoms with E-state index in [-0.39, 0.29) is 6.61 Å². The molecule has 0 bridgehead atoms. The fraction of sp³-hybridized carbons (Fsp3) is 0.385. The number of ether oxygens (including phenoxy) is 2. The molecule has 0 radical (unpaired) electrons. The van der Waals surface area contributed by atoms with Crippen molar-refractivity contribution in [1.82, 2.24) is 10.1 Å². The van der Waals surface area contributed by atoms with E-state index in [0.29, 0.717) is 28.8 Å². The molecule has 0 fully saturated rings. The lowest BCUT2D eigenvalue weighted by Gasteiger charge is -2.13. The minimum absolute atomic E-state index is 0.171. The number of nitrogens with zero attached hydrogens (tertiary/aromatic N) is 2. The van der Waals surface area contributed by atoms with Crippen LogP contribution in [0.2, 0.25) is 0 Å². The molecule has 1 N–H and O–H groups in total. The van der Waals surface area contributed by atoms with Crippen molar-refractivity contribution in [2.75, 3.05) is 7.11 Å². The maximum absolute atomic E-state index is 9.70. The topological polar surface area (TPSA) is 77.6 Å². The normalized spacial score (nSPS) is 12.2. The van der Waals surface area contributed by atoms with Crippen molar-refractivity contribution >= 4 is 0 Å². The molecule has 19 heavy (non-hydrogen) atoms. The molecule has 1 heterocycles. The van der Waals surface area contributed by atoms with Crippen molar-refractivity contribution in [1.29, 1.82) is 0 Å². The molecule has 6 nitrogen and oxygen atoms in total. The summed E-state index contributed by atoms with van der Waals surface area (Å²) in [6.45, 7) is 3.56. The minimum atomic E-state index is -0.632. The number of aromatic nitrogens is 2. The lowest BCUT2D eigenvalue weighted by atomic mass is 10.1. The quantitative estimate of drug-likeness (QED) is 0.890. The highest BCUT2D eigenvalue weighted by Gasteiger charge is 2.12. The molecule has 6 heteroatoms. The Bertz CT molecular complexity index is 551. The van der Waals surface area contributed by atoms with Crippen LogP contribution in [-0.2, 0) is 6.61 Å². The predicted molar refractivity (Wildman–Crippen MR) is 67.0 cm³/mol. The van der Waals surface area contributed by atoms with Crippen molar-refractivity contribution in [3.8, 4) is 11.5 Å². The van der Waals surface area contributed by atoms with Crippen LogP contribution in [0.3, 0.4) is 0 Å². The minimum Gasteiger partial charge on any atom is -0.497 e. The highest BCUT2D eigenvalue weighted by molar-refractivity contribution is 5.41. The molecule has 1 atom stereocenters. The van der Waals surface area contributed by atoms with E-state index in [4.69, 9.17) is 14.0 Å². The zero-order chi connectivity index (χ0) is 13.8. The molecule has 2 aromatic rings. The summed E-state index contributed by atoms with van der Waals surface area (Å²) in [6.07, 6.45) is -0.632. The summed E-state index contributed by atoms with van der Waals surface area (Å²) < 4.78 is 15.6. The molecule has 0 amide bonds. The molecule has 1 aromatic heterocycles. The van der Waals surface area contributed by atoms with Crippen LogP contribution in [0.25, 0.3) is 0 Å². The van der Waals surface area contributed by atoms with Gasteiger partial charge in [0.2, 0.25) is 11.7 Å². The predicted octanol–water partition coefficient (Wildman–Crippen LogP) is 2.02. The molecular weight excluding hydrogens is 248 g/mol. The lowest BCUT2D eigenvalue weighted by molar-refractivity contribution is 0.189. The number of aliphatic hydroxyl groups is 1. The monoisotopic (exact) mass is 264 g/mol. The molecule has 2 rings (SSSR count). The Kier molecular flexibility index (Phi) is 4.01. The van der Waals surface area contributed by atoms with E-state index >= 15 is 0 Å². The third-order valence-corrected chi connectivity index (χ3v) is 2.60. The Balaban J connectivity index is 2.17. The van der Waals surface area contributed by atoms with Gasteiger partial charge in [0, 0.05) is 18.6 Å². The Labute approximate surface area is 111 Å². The van der Waals surface area contributed by atoms with E-state index in [0.717, 1.165) is 0 Å². The van der Waals surface area contributed by atoms with Gasteiger partial charge in [-0.25, -0.2) is 0 Å². The van der Waals surface area contributed by atoms with Crippen LogP contribution in [0.4, 0.5) is 0 Å². The molecule has 0 aliphatic rings. The first-order valence-electron chi connectivity index (χ1n) is 5.88. The Morgan fingerprint density at radius 3 is 2.79 bits per heavy atom. The highest BCUT2D eigenvalue weighted by Crippen LogP contribution is 2.29. The third kappa shape index (κ3) is 3.23. The van der Waals surface area contributed by atoms with Crippen LogP contribution in [-0.4, -0.2) is 22.4 Å².